The average molecular weight is 469 g/mol. The number of nitrogens with two attached hydrogens (primary N) is 2. The Morgan fingerprint density at radius 3 is 1.29 bits per heavy atom. The highest BCUT2D eigenvalue weighted by atomic mass is 16.4. The highest BCUT2D eigenvalue weighted by Crippen LogP contribution is 2.32. The summed E-state index contributed by atoms with van der Waals surface area (Å²) in [5.41, 5.74) is 18.6. The lowest BCUT2D eigenvalue weighted by Gasteiger charge is -2.16. The molecule has 0 aliphatic rings. The Balaban J connectivity index is 1.97. The van der Waals surface area contributed by atoms with Crippen LogP contribution in [-0.2, 0) is 22.4 Å². The topological polar surface area (TPSA) is 127 Å². The minimum atomic E-state index is -0.720. The largest absolute Gasteiger partial charge is 0.481 e. The van der Waals surface area contributed by atoms with E-state index in [9.17, 15) is 9.59 Å². The van der Waals surface area contributed by atoms with Crippen molar-refractivity contribution in [2.45, 2.75) is 89.9 Å². The maximum Gasteiger partial charge on any atom is 0.303 e. The molecule has 186 valence electrons. The molecule has 0 saturated carbocycles. The van der Waals surface area contributed by atoms with E-state index in [0.29, 0.717) is 0 Å². The van der Waals surface area contributed by atoms with Crippen molar-refractivity contribution >= 4 is 23.3 Å². The lowest BCUT2D eigenvalue weighted by Crippen LogP contribution is -1.99. The maximum absolute atomic E-state index is 10.6. The zero-order chi connectivity index (χ0) is 24.8. The molecule has 0 fully saturated rings. The van der Waals surface area contributed by atoms with Gasteiger partial charge in [0.05, 0.1) is 0 Å². The van der Waals surface area contributed by atoms with Gasteiger partial charge >= 0.3 is 11.9 Å². The number of hydrogen-bond donors (Lipinski definition) is 4. The second-order valence-electron chi connectivity index (χ2n) is 9.16. The zero-order valence-corrected chi connectivity index (χ0v) is 20.2. The van der Waals surface area contributed by atoms with Crippen molar-refractivity contribution in [3.8, 4) is 11.1 Å². The second kappa shape index (κ2) is 15.0. The minimum absolute atomic E-state index is 0.252. The van der Waals surface area contributed by atoms with Crippen LogP contribution in [0.1, 0.15) is 88.2 Å². The first-order valence-electron chi connectivity index (χ1n) is 12.6. The van der Waals surface area contributed by atoms with Gasteiger partial charge in [-0.15, -0.1) is 0 Å². The van der Waals surface area contributed by atoms with Crippen LogP contribution in [0.5, 0.6) is 0 Å². The van der Waals surface area contributed by atoms with Gasteiger partial charge < -0.3 is 21.7 Å². The van der Waals surface area contributed by atoms with Gasteiger partial charge in [-0.05, 0) is 85.0 Å². The highest BCUT2D eigenvalue weighted by Gasteiger charge is 2.11. The zero-order valence-electron chi connectivity index (χ0n) is 20.2. The van der Waals surface area contributed by atoms with Gasteiger partial charge in [0, 0.05) is 24.2 Å². The summed E-state index contributed by atoms with van der Waals surface area (Å²) < 4.78 is 0. The second-order valence-corrected chi connectivity index (χ2v) is 9.16. The molecule has 0 aliphatic heterocycles. The number of benzene rings is 2. The summed E-state index contributed by atoms with van der Waals surface area (Å²) >= 11 is 0. The van der Waals surface area contributed by atoms with Crippen LogP contribution >= 0.6 is 0 Å². The van der Waals surface area contributed by atoms with E-state index in [4.69, 9.17) is 21.7 Å². The number of unbranched alkanes of at least 4 members (excludes halogenated alkanes) is 8. The van der Waals surface area contributed by atoms with Crippen LogP contribution in [0.2, 0.25) is 0 Å². The van der Waals surface area contributed by atoms with Crippen LogP contribution in [0.3, 0.4) is 0 Å². The van der Waals surface area contributed by atoms with Gasteiger partial charge in [-0.3, -0.25) is 9.59 Å². The number of aliphatic carboxylic acids is 2. The summed E-state index contributed by atoms with van der Waals surface area (Å²) in [5.74, 6) is -1.44. The molecule has 6 nitrogen and oxygen atoms in total. The molecule has 0 aliphatic carbocycles. The third kappa shape index (κ3) is 10.3. The van der Waals surface area contributed by atoms with Crippen molar-refractivity contribution in [2.75, 3.05) is 11.5 Å². The van der Waals surface area contributed by atoms with Crippen LogP contribution in [0, 0.1) is 0 Å². The van der Waals surface area contributed by atoms with Gasteiger partial charge in [0.1, 0.15) is 0 Å². The Labute approximate surface area is 203 Å². The number of aryl methyl sites for hydroxylation is 2. The Kier molecular flexibility index (Phi) is 12.0. The summed E-state index contributed by atoms with van der Waals surface area (Å²) in [4.78, 5) is 21.3. The smallest absolute Gasteiger partial charge is 0.303 e. The van der Waals surface area contributed by atoms with Crippen molar-refractivity contribution in [1.82, 2.24) is 0 Å². The molecule has 0 bridgehead atoms. The Hall–Kier alpha value is -3.02. The average Bonchev–Trinajstić information content (AvgIpc) is 2.78. The van der Waals surface area contributed by atoms with E-state index in [0.717, 1.165) is 88.4 Å². The Bertz CT molecular complexity index is 851. The van der Waals surface area contributed by atoms with Crippen molar-refractivity contribution in [1.29, 1.82) is 0 Å². The Morgan fingerprint density at radius 1 is 0.559 bits per heavy atom. The molecule has 6 heteroatoms. The van der Waals surface area contributed by atoms with E-state index in [1.807, 2.05) is 12.1 Å². The lowest BCUT2D eigenvalue weighted by molar-refractivity contribution is -0.138. The van der Waals surface area contributed by atoms with Gasteiger partial charge in [-0.1, -0.05) is 50.7 Å². The SMILES string of the molecule is Nc1ccc(-c2ccc(N)cc2CCCCCCCC(=O)O)c(CCCCCCCC(=O)O)c1. The molecule has 0 atom stereocenters. The molecule has 0 unspecified atom stereocenters. The van der Waals surface area contributed by atoms with E-state index < -0.39 is 11.9 Å². The summed E-state index contributed by atoms with van der Waals surface area (Å²) in [6.07, 6.45) is 12.1. The summed E-state index contributed by atoms with van der Waals surface area (Å²) in [5, 5.41) is 17.5. The van der Waals surface area contributed by atoms with Gasteiger partial charge in [0.2, 0.25) is 0 Å². The fourth-order valence-corrected chi connectivity index (χ4v) is 4.41. The summed E-state index contributed by atoms with van der Waals surface area (Å²) in [6.45, 7) is 0. The first kappa shape index (κ1) is 27.2. The number of hydrogen-bond acceptors (Lipinski definition) is 4. The molecule has 2 aromatic carbocycles. The molecule has 0 saturated heterocycles. The molecule has 0 amide bonds. The number of carbonyl (C=O) groups is 2. The predicted octanol–water partition coefficient (Wildman–Crippen LogP) is 6.45. The molecule has 0 heterocycles. The number of carboxylic acid groups (broad SMARTS) is 2. The quantitative estimate of drug-likeness (QED) is 0.156. The standard InChI is InChI=1S/C28H40N2O4/c29-23-15-17-25(21(19-23)11-7-3-1-5-9-13-27(31)32)26-18-16-24(30)20-22(26)12-8-4-2-6-10-14-28(33)34/h15-20H,1-14,29-30H2,(H,31,32)(H,33,34). The van der Waals surface area contributed by atoms with Crippen LogP contribution < -0.4 is 11.5 Å². The molecular formula is C28H40N2O4. The van der Waals surface area contributed by atoms with E-state index in [1.54, 1.807) is 0 Å². The van der Waals surface area contributed by atoms with Crippen molar-refractivity contribution < 1.29 is 19.8 Å². The molecule has 34 heavy (non-hydrogen) atoms. The van der Waals surface area contributed by atoms with Crippen LogP contribution in [-0.4, -0.2) is 22.2 Å². The Morgan fingerprint density at radius 2 is 0.912 bits per heavy atom. The number of rotatable bonds is 17. The maximum atomic E-state index is 10.6. The fourth-order valence-electron chi connectivity index (χ4n) is 4.41. The molecule has 2 aromatic rings. The third-order valence-corrected chi connectivity index (χ3v) is 6.22. The lowest BCUT2D eigenvalue weighted by atomic mass is 9.90. The van der Waals surface area contributed by atoms with Crippen molar-refractivity contribution in [3.63, 3.8) is 0 Å². The van der Waals surface area contributed by atoms with E-state index in [-0.39, 0.29) is 12.8 Å². The van der Waals surface area contributed by atoms with Gasteiger partial charge in [0.25, 0.3) is 0 Å². The minimum Gasteiger partial charge on any atom is -0.481 e. The first-order chi connectivity index (χ1) is 16.4. The fraction of sp³-hybridized carbons (Fsp3) is 0.500. The normalized spacial score (nSPS) is 10.9. The molecule has 2 rings (SSSR count). The third-order valence-electron chi connectivity index (χ3n) is 6.22. The van der Waals surface area contributed by atoms with Crippen molar-refractivity contribution in [2.24, 2.45) is 0 Å². The molecular weight excluding hydrogens is 428 g/mol. The predicted molar refractivity (Wildman–Crippen MR) is 139 cm³/mol. The molecule has 0 radical (unpaired) electrons. The molecule has 0 aromatic heterocycles. The van der Waals surface area contributed by atoms with Gasteiger partial charge in [-0.2, -0.15) is 0 Å². The number of carboxylic acids is 2. The number of anilines is 2. The van der Waals surface area contributed by atoms with E-state index in [1.165, 1.54) is 22.3 Å². The summed E-state index contributed by atoms with van der Waals surface area (Å²) in [6, 6.07) is 12.3. The van der Waals surface area contributed by atoms with Crippen molar-refractivity contribution in [3.05, 3.63) is 47.5 Å². The first-order valence-corrected chi connectivity index (χ1v) is 12.6. The summed E-state index contributed by atoms with van der Waals surface area (Å²) in [7, 11) is 0. The van der Waals surface area contributed by atoms with Crippen LogP contribution in [0.25, 0.3) is 11.1 Å². The van der Waals surface area contributed by atoms with Crippen LogP contribution in [0.15, 0.2) is 36.4 Å². The van der Waals surface area contributed by atoms with Crippen LogP contribution in [0.4, 0.5) is 11.4 Å². The number of nitrogen functional groups attached to an aromatic ring is 2. The van der Waals surface area contributed by atoms with E-state index >= 15 is 0 Å². The van der Waals surface area contributed by atoms with Gasteiger partial charge in [-0.25, -0.2) is 0 Å². The van der Waals surface area contributed by atoms with Gasteiger partial charge in [0.15, 0.2) is 0 Å². The molecule has 0 spiro atoms. The molecule has 6 N–H and O–H groups in total. The highest BCUT2D eigenvalue weighted by molar-refractivity contribution is 5.74. The van der Waals surface area contributed by atoms with E-state index in [2.05, 4.69) is 24.3 Å². The monoisotopic (exact) mass is 468 g/mol.